The lowest BCUT2D eigenvalue weighted by atomic mass is 9.80. The molecule has 33 heavy (non-hydrogen) atoms. The van der Waals surface area contributed by atoms with E-state index in [0.717, 1.165) is 13.0 Å². The highest BCUT2D eigenvalue weighted by Gasteiger charge is 2.33. The van der Waals surface area contributed by atoms with Crippen molar-refractivity contribution in [2.45, 2.75) is 76.8 Å². The SMILES string of the molecule is C=CCNC(=S)N[C@H]1CN[C@@H](C(c2ccc(C(C)(C)C)cc2)c2ccc(C(C)(C)C)cc2)C1. The van der Waals surface area contributed by atoms with Gasteiger partial charge < -0.3 is 16.0 Å². The molecule has 2 atom stereocenters. The molecule has 3 N–H and O–H groups in total. The second-order valence-electron chi connectivity index (χ2n) is 11.3. The zero-order valence-corrected chi connectivity index (χ0v) is 22.0. The predicted molar refractivity (Wildman–Crippen MR) is 146 cm³/mol. The molecule has 0 bridgehead atoms. The summed E-state index contributed by atoms with van der Waals surface area (Å²) in [7, 11) is 0. The summed E-state index contributed by atoms with van der Waals surface area (Å²) < 4.78 is 0. The Kier molecular flexibility index (Phi) is 8.02. The Balaban J connectivity index is 1.86. The number of benzene rings is 2. The quantitative estimate of drug-likeness (QED) is 0.374. The highest BCUT2D eigenvalue weighted by molar-refractivity contribution is 7.80. The topological polar surface area (TPSA) is 36.1 Å². The molecule has 0 aliphatic carbocycles. The summed E-state index contributed by atoms with van der Waals surface area (Å²) in [4.78, 5) is 0. The molecule has 178 valence electrons. The van der Waals surface area contributed by atoms with Crippen LogP contribution in [0, 0.1) is 0 Å². The van der Waals surface area contributed by atoms with E-state index in [1.807, 2.05) is 6.08 Å². The van der Waals surface area contributed by atoms with Crippen molar-refractivity contribution in [3.05, 3.63) is 83.4 Å². The van der Waals surface area contributed by atoms with Gasteiger partial charge in [0.05, 0.1) is 0 Å². The van der Waals surface area contributed by atoms with Crippen molar-refractivity contribution < 1.29 is 0 Å². The fourth-order valence-electron chi connectivity index (χ4n) is 4.57. The zero-order chi connectivity index (χ0) is 24.2. The molecule has 1 saturated heterocycles. The lowest BCUT2D eigenvalue weighted by Crippen LogP contribution is -2.42. The number of thiocarbonyl (C=S) groups is 1. The summed E-state index contributed by atoms with van der Waals surface area (Å²) in [6.07, 6.45) is 2.84. The summed E-state index contributed by atoms with van der Waals surface area (Å²) in [6, 6.07) is 19.1. The lowest BCUT2D eigenvalue weighted by Gasteiger charge is -2.28. The first kappa shape index (κ1) is 25.5. The summed E-state index contributed by atoms with van der Waals surface area (Å²) in [5, 5.41) is 11.1. The molecule has 1 fully saturated rings. The van der Waals surface area contributed by atoms with Gasteiger partial charge in [0, 0.05) is 31.1 Å². The van der Waals surface area contributed by atoms with Crippen molar-refractivity contribution in [2.75, 3.05) is 13.1 Å². The maximum Gasteiger partial charge on any atom is 0.166 e. The van der Waals surface area contributed by atoms with Gasteiger partial charge in [0.1, 0.15) is 0 Å². The van der Waals surface area contributed by atoms with E-state index in [4.69, 9.17) is 12.2 Å². The Labute approximate surface area is 206 Å². The highest BCUT2D eigenvalue weighted by Crippen LogP contribution is 2.35. The zero-order valence-electron chi connectivity index (χ0n) is 21.2. The first-order chi connectivity index (χ1) is 15.5. The van der Waals surface area contributed by atoms with Crippen LogP contribution in [0.5, 0.6) is 0 Å². The molecule has 0 saturated carbocycles. The molecule has 1 heterocycles. The number of nitrogens with one attached hydrogen (secondary N) is 3. The Morgan fingerprint density at radius 1 is 0.970 bits per heavy atom. The minimum Gasteiger partial charge on any atom is -0.359 e. The maximum atomic E-state index is 5.45. The van der Waals surface area contributed by atoms with E-state index in [2.05, 4.69) is 113 Å². The molecular formula is C29H41N3S. The fraction of sp³-hybridized carbons (Fsp3) is 0.483. The highest BCUT2D eigenvalue weighted by atomic mass is 32.1. The third-order valence-corrected chi connectivity index (χ3v) is 6.84. The van der Waals surface area contributed by atoms with E-state index in [9.17, 15) is 0 Å². The molecule has 4 heteroatoms. The van der Waals surface area contributed by atoms with Crippen LogP contribution in [-0.2, 0) is 10.8 Å². The maximum absolute atomic E-state index is 5.45. The average Bonchev–Trinajstić information content (AvgIpc) is 3.19. The molecule has 1 aliphatic rings. The van der Waals surface area contributed by atoms with Crippen LogP contribution in [0.2, 0.25) is 0 Å². The third-order valence-electron chi connectivity index (χ3n) is 6.58. The molecular weight excluding hydrogens is 422 g/mol. The summed E-state index contributed by atoms with van der Waals surface area (Å²) in [6.45, 7) is 18.9. The monoisotopic (exact) mass is 463 g/mol. The molecule has 1 aliphatic heterocycles. The van der Waals surface area contributed by atoms with Gasteiger partial charge >= 0.3 is 0 Å². The first-order valence-corrected chi connectivity index (χ1v) is 12.5. The molecule has 0 aromatic heterocycles. The van der Waals surface area contributed by atoms with Gasteiger partial charge in [-0.15, -0.1) is 6.58 Å². The standard InChI is InChI=1S/C29H41N3S/c1-8-17-30-27(33)32-24-18-25(31-19-24)26(20-9-13-22(14-10-20)28(2,3)4)21-11-15-23(16-12-21)29(5,6)7/h8-16,24-26,31H,1,17-19H2,2-7H3,(H2,30,32,33)/t24-,25-/m1/s1. The van der Waals surface area contributed by atoms with Crippen molar-refractivity contribution in [2.24, 2.45) is 0 Å². The molecule has 2 aromatic carbocycles. The van der Waals surface area contributed by atoms with Gasteiger partial charge in [-0.3, -0.25) is 0 Å². The van der Waals surface area contributed by atoms with E-state index < -0.39 is 0 Å². The second-order valence-corrected chi connectivity index (χ2v) is 11.7. The third kappa shape index (κ3) is 6.68. The van der Waals surface area contributed by atoms with Crippen LogP contribution in [0.3, 0.4) is 0 Å². The normalized spacial score (nSPS) is 18.9. The predicted octanol–water partition coefficient (Wildman–Crippen LogP) is 5.79. The Hall–Kier alpha value is -2.17. The van der Waals surface area contributed by atoms with Crippen LogP contribution in [0.1, 0.15) is 76.1 Å². The molecule has 2 aromatic rings. The first-order valence-electron chi connectivity index (χ1n) is 12.1. The van der Waals surface area contributed by atoms with Gasteiger partial charge in [-0.2, -0.15) is 0 Å². The minimum atomic E-state index is 0.150. The Morgan fingerprint density at radius 2 is 1.45 bits per heavy atom. The van der Waals surface area contributed by atoms with Crippen molar-refractivity contribution in [1.82, 2.24) is 16.0 Å². The average molecular weight is 464 g/mol. The van der Waals surface area contributed by atoms with Crippen molar-refractivity contribution in [3.63, 3.8) is 0 Å². The minimum absolute atomic E-state index is 0.150. The van der Waals surface area contributed by atoms with Crippen molar-refractivity contribution in [3.8, 4) is 0 Å². The van der Waals surface area contributed by atoms with Gasteiger partial charge in [-0.1, -0.05) is 96.1 Å². The van der Waals surface area contributed by atoms with E-state index in [-0.39, 0.29) is 16.7 Å². The van der Waals surface area contributed by atoms with Crippen molar-refractivity contribution >= 4 is 17.3 Å². The second kappa shape index (κ2) is 10.4. The molecule has 3 nitrogen and oxygen atoms in total. The number of hydrogen-bond donors (Lipinski definition) is 3. The van der Waals surface area contributed by atoms with Crippen LogP contribution in [0.25, 0.3) is 0 Å². The van der Waals surface area contributed by atoms with Gasteiger partial charge in [0.15, 0.2) is 5.11 Å². The molecule has 0 radical (unpaired) electrons. The van der Waals surface area contributed by atoms with Crippen LogP contribution in [0.4, 0.5) is 0 Å². The van der Waals surface area contributed by atoms with Crippen LogP contribution in [0.15, 0.2) is 61.2 Å². The Bertz CT molecular complexity index is 875. The van der Waals surface area contributed by atoms with E-state index in [1.165, 1.54) is 22.3 Å². The van der Waals surface area contributed by atoms with E-state index >= 15 is 0 Å². The van der Waals surface area contributed by atoms with Crippen molar-refractivity contribution in [1.29, 1.82) is 0 Å². The van der Waals surface area contributed by atoms with E-state index in [1.54, 1.807) is 0 Å². The van der Waals surface area contributed by atoms with Crippen LogP contribution in [-0.4, -0.2) is 30.3 Å². The number of rotatable bonds is 6. The van der Waals surface area contributed by atoms with Crippen LogP contribution >= 0.6 is 12.2 Å². The smallest absolute Gasteiger partial charge is 0.166 e. The summed E-state index contributed by atoms with van der Waals surface area (Å²) in [5.74, 6) is 0.287. The molecule has 0 spiro atoms. The summed E-state index contributed by atoms with van der Waals surface area (Å²) in [5.41, 5.74) is 5.75. The van der Waals surface area contributed by atoms with Gasteiger partial charge in [0.2, 0.25) is 0 Å². The molecule has 0 unspecified atom stereocenters. The van der Waals surface area contributed by atoms with Gasteiger partial charge in [-0.05, 0) is 51.7 Å². The molecule has 3 rings (SSSR count). The lowest BCUT2D eigenvalue weighted by molar-refractivity contribution is 0.529. The summed E-state index contributed by atoms with van der Waals surface area (Å²) >= 11 is 5.45. The largest absolute Gasteiger partial charge is 0.359 e. The van der Waals surface area contributed by atoms with Gasteiger partial charge in [0.25, 0.3) is 0 Å². The Morgan fingerprint density at radius 3 is 1.88 bits per heavy atom. The molecule has 0 amide bonds. The van der Waals surface area contributed by atoms with E-state index in [0.29, 0.717) is 23.7 Å². The number of hydrogen-bond acceptors (Lipinski definition) is 2. The van der Waals surface area contributed by atoms with Crippen LogP contribution < -0.4 is 16.0 Å². The van der Waals surface area contributed by atoms with Gasteiger partial charge in [-0.25, -0.2) is 0 Å². The fourth-order valence-corrected chi connectivity index (χ4v) is 4.82.